The summed E-state index contributed by atoms with van der Waals surface area (Å²) in [5, 5.41) is 2.77. The van der Waals surface area contributed by atoms with E-state index in [0.717, 1.165) is 6.42 Å². The van der Waals surface area contributed by atoms with Crippen molar-refractivity contribution < 1.29 is 0 Å². The van der Waals surface area contributed by atoms with Crippen LogP contribution in [0.5, 0.6) is 0 Å². The van der Waals surface area contributed by atoms with Crippen molar-refractivity contribution in [1.29, 1.82) is 0 Å². The van der Waals surface area contributed by atoms with E-state index in [9.17, 15) is 0 Å². The van der Waals surface area contributed by atoms with E-state index in [1.54, 1.807) is 0 Å². The molecule has 0 amide bonds. The molecule has 0 saturated heterocycles. The Morgan fingerprint density at radius 1 is 0.632 bits per heavy atom. The average Bonchev–Trinajstić information content (AvgIpc) is 2.59. The van der Waals surface area contributed by atoms with Gasteiger partial charge in [0.25, 0.3) is 0 Å². The Morgan fingerprint density at radius 3 is 1.16 bits per heavy atom. The summed E-state index contributed by atoms with van der Waals surface area (Å²) in [6.07, 6.45) is 5.60. The summed E-state index contributed by atoms with van der Waals surface area (Å²) < 4.78 is 0. The third kappa shape index (κ3) is 14.9. The molecule has 1 aromatic rings. The quantitative estimate of drug-likeness (QED) is 0.631. The number of benzene rings is 1. The van der Waals surface area contributed by atoms with Gasteiger partial charge in [-0.15, -0.1) is 0 Å². The summed E-state index contributed by atoms with van der Waals surface area (Å²) in [7, 11) is 0. The molecule has 0 fully saturated rings. The number of hydrogen-bond donors (Lipinski definition) is 0. The van der Waals surface area contributed by atoms with E-state index in [1.807, 2.05) is 0 Å². The lowest BCUT2D eigenvalue weighted by Gasteiger charge is -2.05. The molecule has 0 aliphatic heterocycles. The maximum Gasteiger partial charge on any atom is -0.0151 e. The van der Waals surface area contributed by atoms with Crippen LogP contribution in [0.2, 0.25) is 0 Å². The lowest BCUT2D eigenvalue weighted by molar-refractivity contribution is 0.469. The van der Waals surface area contributed by atoms with Crippen molar-refractivity contribution in [3.63, 3.8) is 0 Å². The molecule has 0 saturated carbocycles. The first-order chi connectivity index (χ1) is 8.47. The third-order valence-electron chi connectivity index (χ3n) is 1.67. The highest BCUT2D eigenvalue weighted by Gasteiger charge is 1.96. The van der Waals surface area contributed by atoms with Gasteiger partial charge in [-0.1, -0.05) is 91.8 Å². The largest absolute Gasteiger partial charge is 0.0729 e. The van der Waals surface area contributed by atoms with E-state index < -0.39 is 0 Å². The Labute approximate surface area is 120 Å². The normalized spacial score (nSPS) is 12.8. The van der Waals surface area contributed by atoms with Gasteiger partial charge in [-0.2, -0.15) is 0 Å². The van der Waals surface area contributed by atoms with Crippen LogP contribution in [0, 0.1) is 10.8 Å². The first-order valence-corrected chi connectivity index (χ1v) is 7.22. The van der Waals surface area contributed by atoms with E-state index in [0.29, 0.717) is 10.8 Å². The first-order valence-electron chi connectivity index (χ1n) is 7.22. The van der Waals surface area contributed by atoms with Crippen LogP contribution < -0.4 is 10.4 Å². The SMILES string of the molecule is C1=c2ccccc2=CC1.CC(C)(C)C.CC(C)(C)C. The zero-order valence-corrected chi connectivity index (χ0v) is 14.2. The fourth-order valence-corrected chi connectivity index (χ4v) is 1.20. The lowest BCUT2D eigenvalue weighted by atomic mass is 10.0. The second-order valence-electron chi connectivity index (χ2n) is 8.27. The van der Waals surface area contributed by atoms with Gasteiger partial charge in [-0.05, 0) is 27.7 Å². The van der Waals surface area contributed by atoms with E-state index in [-0.39, 0.29) is 0 Å². The topological polar surface area (TPSA) is 0 Å². The van der Waals surface area contributed by atoms with Crippen LogP contribution in [0.1, 0.15) is 61.8 Å². The summed E-state index contributed by atoms with van der Waals surface area (Å²) in [6.45, 7) is 17.5. The standard InChI is InChI=1S/C9H8.2C5H12/c1-2-5-9-7-3-6-8(9)4-1;2*1-5(2,3)4/h1-2,4-7H,3H2;2*1-4H3. The molecule has 108 valence electrons. The van der Waals surface area contributed by atoms with Gasteiger partial charge in [0.15, 0.2) is 0 Å². The molecule has 0 atom stereocenters. The molecule has 0 bridgehead atoms. The van der Waals surface area contributed by atoms with Crippen LogP contribution in [0.3, 0.4) is 0 Å². The van der Waals surface area contributed by atoms with E-state index in [2.05, 4.69) is 91.8 Å². The van der Waals surface area contributed by atoms with E-state index >= 15 is 0 Å². The summed E-state index contributed by atoms with van der Waals surface area (Å²) in [6, 6.07) is 8.46. The minimum atomic E-state index is 0.500. The van der Waals surface area contributed by atoms with Gasteiger partial charge < -0.3 is 0 Å². The van der Waals surface area contributed by atoms with Crippen LogP contribution in [0.25, 0.3) is 12.2 Å². The highest BCUT2D eigenvalue weighted by Crippen LogP contribution is 2.08. The average molecular weight is 260 g/mol. The highest BCUT2D eigenvalue weighted by atomic mass is 14.0. The van der Waals surface area contributed by atoms with Crippen LogP contribution >= 0.6 is 0 Å². The molecule has 0 radical (unpaired) electrons. The van der Waals surface area contributed by atoms with Crippen molar-refractivity contribution in [3.8, 4) is 0 Å². The maximum atomic E-state index is 2.25. The van der Waals surface area contributed by atoms with Crippen molar-refractivity contribution in [2.45, 2.75) is 61.8 Å². The monoisotopic (exact) mass is 260 g/mol. The smallest absolute Gasteiger partial charge is 0.0151 e. The van der Waals surface area contributed by atoms with Gasteiger partial charge >= 0.3 is 0 Å². The van der Waals surface area contributed by atoms with Crippen LogP contribution in [0.15, 0.2) is 24.3 Å². The second kappa shape index (κ2) is 7.53. The first kappa shape index (κ1) is 18.0. The number of rotatable bonds is 0. The van der Waals surface area contributed by atoms with Crippen molar-refractivity contribution >= 4 is 12.2 Å². The molecule has 0 heterocycles. The molecule has 0 spiro atoms. The Morgan fingerprint density at radius 2 is 0.895 bits per heavy atom. The summed E-state index contributed by atoms with van der Waals surface area (Å²) in [4.78, 5) is 0. The fourth-order valence-electron chi connectivity index (χ4n) is 1.20. The summed E-state index contributed by atoms with van der Waals surface area (Å²) in [5.41, 5.74) is 1.00. The molecule has 1 aromatic carbocycles. The number of hydrogen-bond acceptors (Lipinski definition) is 0. The Balaban J connectivity index is 0.000000283. The van der Waals surface area contributed by atoms with Gasteiger partial charge in [0.05, 0.1) is 0 Å². The molecule has 0 N–H and O–H groups in total. The van der Waals surface area contributed by atoms with Crippen LogP contribution in [-0.2, 0) is 0 Å². The molecule has 19 heavy (non-hydrogen) atoms. The second-order valence-corrected chi connectivity index (χ2v) is 8.27. The zero-order valence-electron chi connectivity index (χ0n) is 14.2. The van der Waals surface area contributed by atoms with Gasteiger partial charge in [0.2, 0.25) is 0 Å². The van der Waals surface area contributed by atoms with Crippen molar-refractivity contribution in [1.82, 2.24) is 0 Å². The molecular weight excluding hydrogens is 228 g/mol. The predicted molar refractivity (Wildman–Crippen MR) is 89.5 cm³/mol. The van der Waals surface area contributed by atoms with Crippen LogP contribution in [0.4, 0.5) is 0 Å². The van der Waals surface area contributed by atoms with Gasteiger partial charge in [-0.3, -0.25) is 0 Å². The molecule has 0 aromatic heterocycles. The van der Waals surface area contributed by atoms with Crippen molar-refractivity contribution in [2.75, 3.05) is 0 Å². The third-order valence-corrected chi connectivity index (χ3v) is 1.67. The number of fused-ring (bicyclic) bond motifs is 1. The van der Waals surface area contributed by atoms with E-state index in [4.69, 9.17) is 0 Å². The molecule has 2 rings (SSSR count). The predicted octanol–water partition coefficient (Wildman–Crippen LogP) is 4.76. The Bertz CT molecular complexity index is 407. The molecule has 0 nitrogen and oxygen atoms in total. The maximum absolute atomic E-state index is 2.25. The van der Waals surface area contributed by atoms with Crippen LogP contribution in [-0.4, -0.2) is 0 Å². The van der Waals surface area contributed by atoms with Crippen molar-refractivity contribution in [3.05, 3.63) is 34.7 Å². The lowest BCUT2D eigenvalue weighted by Crippen LogP contribution is -2.19. The minimum absolute atomic E-state index is 0.500. The molecule has 1 aliphatic rings. The summed E-state index contributed by atoms with van der Waals surface area (Å²) in [5.74, 6) is 0. The fraction of sp³-hybridized carbons (Fsp3) is 0.579. The minimum Gasteiger partial charge on any atom is -0.0729 e. The summed E-state index contributed by atoms with van der Waals surface area (Å²) >= 11 is 0. The Hall–Kier alpha value is -1.04. The molecular formula is C19H32. The molecule has 0 heteroatoms. The highest BCUT2D eigenvalue weighted by molar-refractivity contribution is 5.45. The van der Waals surface area contributed by atoms with Gasteiger partial charge in [-0.25, -0.2) is 0 Å². The zero-order chi connectivity index (χ0) is 15.1. The Kier molecular flexibility index (Phi) is 7.11. The van der Waals surface area contributed by atoms with Crippen molar-refractivity contribution in [2.24, 2.45) is 10.8 Å². The molecule has 0 unspecified atom stereocenters. The van der Waals surface area contributed by atoms with Gasteiger partial charge in [0, 0.05) is 0 Å². The molecule has 1 aliphatic carbocycles. The van der Waals surface area contributed by atoms with E-state index in [1.165, 1.54) is 10.4 Å². The van der Waals surface area contributed by atoms with Gasteiger partial charge in [0.1, 0.15) is 0 Å².